The van der Waals surface area contributed by atoms with Gasteiger partial charge >= 0.3 is 13.1 Å². The predicted molar refractivity (Wildman–Crippen MR) is 90.4 cm³/mol. The molecule has 136 valence electrons. The lowest BCUT2D eigenvalue weighted by atomic mass is 9.77. The quantitative estimate of drug-likeness (QED) is 0.404. The molecular formula is C16H29BN2O5. The summed E-state index contributed by atoms with van der Waals surface area (Å²) in [6, 6.07) is 0. The molecule has 2 aliphatic heterocycles. The van der Waals surface area contributed by atoms with Crippen LogP contribution < -0.4 is 10.6 Å². The van der Waals surface area contributed by atoms with Gasteiger partial charge in [0.2, 0.25) is 6.41 Å². The van der Waals surface area contributed by atoms with E-state index in [1.165, 1.54) is 7.11 Å². The minimum Gasteiger partial charge on any atom is -0.467 e. The van der Waals surface area contributed by atoms with Crippen molar-refractivity contribution >= 4 is 19.5 Å². The van der Waals surface area contributed by atoms with Gasteiger partial charge in [0, 0.05) is 19.0 Å². The molecule has 0 aromatic heterocycles. The van der Waals surface area contributed by atoms with Gasteiger partial charge in [0.1, 0.15) is 0 Å². The molecule has 2 aliphatic rings. The van der Waals surface area contributed by atoms with Crippen molar-refractivity contribution in [2.75, 3.05) is 20.2 Å². The Hall–Kier alpha value is -1.12. The number of rotatable bonds is 7. The zero-order valence-corrected chi connectivity index (χ0v) is 15.3. The third-order valence-corrected chi connectivity index (χ3v) is 5.65. The van der Waals surface area contributed by atoms with Crippen LogP contribution in [0, 0.1) is 5.92 Å². The zero-order chi connectivity index (χ0) is 18.0. The van der Waals surface area contributed by atoms with Gasteiger partial charge < -0.3 is 24.7 Å². The Labute approximate surface area is 144 Å². The number of carbonyl (C=O) groups is 2. The highest BCUT2D eigenvalue weighted by Gasteiger charge is 2.52. The van der Waals surface area contributed by atoms with Crippen LogP contribution in [0.15, 0.2) is 0 Å². The lowest BCUT2D eigenvalue weighted by molar-refractivity contribution is -0.150. The van der Waals surface area contributed by atoms with E-state index >= 15 is 0 Å². The summed E-state index contributed by atoms with van der Waals surface area (Å²) in [4.78, 5) is 23.2. The van der Waals surface area contributed by atoms with Gasteiger partial charge in [-0.25, -0.2) is 4.79 Å². The molecule has 0 aromatic carbocycles. The van der Waals surface area contributed by atoms with Crippen LogP contribution in [0.4, 0.5) is 0 Å². The zero-order valence-electron chi connectivity index (χ0n) is 15.3. The van der Waals surface area contributed by atoms with Crippen LogP contribution in [0.5, 0.6) is 0 Å². The average Bonchev–Trinajstić information content (AvgIpc) is 2.98. The largest absolute Gasteiger partial charge is 0.467 e. The molecule has 2 N–H and O–H groups in total. The van der Waals surface area contributed by atoms with E-state index in [0.29, 0.717) is 19.5 Å². The van der Waals surface area contributed by atoms with Crippen LogP contribution in [0.1, 0.15) is 40.5 Å². The SMILES string of the molecule is COC(=O)[C@]1(NC=O)CNCC1CCCB1OC(C)(C)C(C)(C)O1. The summed E-state index contributed by atoms with van der Waals surface area (Å²) in [5.74, 6) is -0.419. The Balaban J connectivity index is 1.92. The van der Waals surface area contributed by atoms with Gasteiger partial charge in [0.05, 0.1) is 18.3 Å². The Morgan fingerprint density at radius 3 is 2.50 bits per heavy atom. The maximum Gasteiger partial charge on any atom is 0.457 e. The minimum absolute atomic E-state index is 0.0161. The van der Waals surface area contributed by atoms with E-state index in [2.05, 4.69) is 10.6 Å². The first-order valence-electron chi connectivity index (χ1n) is 8.54. The number of ether oxygens (including phenoxy) is 1. The number of nitrogens with one attached hydrogen (secondary N) is 2. The molecule has 1 amide bonds. The number of hydrogen-bond donors (Lipinski definition) is 2. The molecule has 0 spiro atoms. The molecule has 2 atom stereocenters. The van der Waals surface area contributed by atoms with Crippen molar-refractivity contribution in [3.05, 3.63) is 0 Å². The molecule has 8 heteroatoms. The van der Waals surface area contributed by atoms with Gasteiger partial charge in [0.25, 0.3) is 0 Å². The van der Waals surface area contributed by atoms with E-state index in [1.54, 1.807) is 0 Å². The molecule has 2 rings (SSSR count). The Morgan fingerprint density at radius 1 is 1.33 bits per heavy atom. The fourth-order valence-corrected chi connectivity index (χ4v) is 3.48. The predicted octanol–water partition coefficient (Wildman–Crippen LogP) is 0.736. The summed E-state index contributed by atoms with van der Waals surface area (Å²) in [5.41, 5.74) is -1.64. The molecule has 2 heterocycles. The van der Waals surface area contributed by atoms with Crippen molar-refractivity contribution in [2.45, 2.75) is 63.6 Å². The lowest BCUT2D eigenvalue weighted by Gasteiger charge is -2.32. The summed E-state index contributed by atoms with van der Waals surface area (Å²) >= 11 is 0. The Kier molecular flexibility index (Phi) is 5.62. The number of methoxy groups -OCH3 is 1. The van der Waals surface area contributed by atoms with E-state index in [4.69, 9.17) is 14.0 Å². The molecular weight excluding hydrogens is 311 g/mol. The van der Waals surface area contributed by atoms with Crippen LogP contribution in [0.2, 0.25) is 6.32 Å². The lowest BCUT2D eigenvalue weighted by Crippen LogP contribution is -2.58. The second-order valence-corrected chi connectivity index (χ2v) is 7.67. The minimum atomic E-state index is -0.980. The van der Waals surface area contributed by atoms with E-state index in [-0.39, 0.29) is 24.2 Å². The van der Waals surface area contributed by atoms with Crippen molar-refractivity contribution in [1.82, 2.24) is 10.6 Å². The van der Waals surface area contributed by atoms with Gasteiger partial charge in [0.15, 0.2) is 5.54 Å². The molecule has 1 unspecified atom stereocenters. The average molecular weight is 340 g/mol. The monoisotopic (exact) mass is 340 g/mol. The van der Waals surface area contributed by atoms with Gasteiger partial charge in [-0.2, -0.15) is 0 Å². The fourth-order valence-electron chi connectivity index (χ4n) is 3.48. The number of hydrogen-bond acceptors (Lipinski definition) is 6. The maximum atomic E-state index is 12.2. The van der Waals surface area contributed by atoms with E-state index in [1.807, 2.05) is 27.7 Å². The first-order valence-corrected chi connectivity index (χ1v) is 8.54. The van der Waals surface area contributed by atoms with Crippen molar-refractivity contribution in [1.29, 1.82) is 0 Å². The van der Waals surface area contributed by atoms with Crippen molar-refractivity contribution in [3.63, 3.8) is 0 Å². The van der Waals surface area contributed by atoms with E-state index in [0.717, 1.165) is 19.2 Å². The molecule has 0 aliphatic carbocycles. The highest BCUT2D eigenvalue weighted by molar-refractivity contribution is 6.45. The molecule has 2 fully saturated rings. The third-order valence-electron chi connectivity index (χ3n) is 5.65. The molecule has 0 radical (unpaired) electrons. The Morgan fingerprint density at radius 2 is 1.96 bits per heavy atom. The van der Waals surface area contributed by atoms with Crippen LogP contribution >= 0.6 is 0 Å². The van der Waals surface area contributed by atoms with E-state index < -0.39 is 11.5 Å². The van der Waals surface area contributed by atoms with Crippen LogP contribution in [0.3, 0.4) is 0 Å². The standard InChI is InChI=1S/C16H29BN2O5/c1-14(2)15(3,4)24-17(23-14)8-6-7-12-9-18-10-16(12,19-11-20)13(21)22-5/h11-12,18H,6-10H2,1-5H3,(H,19,20)/t12?,16-/m0/s1. The van der Waals surface area contributed by atoms with Gasteiger partial charge in [-0.05, 0) is 40.4 Å². The van der Waals surface area contributed by atoms with Crippen molar-refractivity contribution in [3.8, 4) is 0 Å². The summed E-state index contributed by atoms with van der Waals surface area (Å²) in [7, 11) is 1.10. The molecule has 2 saturated heterocycles. The first-order chi connectivity index (χ1) is 11.2. The molecule has 0 aromatic rings. The Bertz CT molecular complexity index is 469. The maximum absolute atomic E-state index is 12.2. The van der Waals surface area contributed by atoms with Gasteiger partial charge in [-0.3, -0.25) is 4.79 Å². The topological polar surface area (TPSA) is 85.9 Å². The second kappa shape index (κ2) is 7.02. The molecule has 0 saturated carbocycles. The molecule has 24 heavy (non-hydrogen) atoms. The summed E-state index contributed by atoms with van der Waals surface area (Å²) in [5, 5.41) is 5.87. The van der Waals surface area contributed by atoms with Crippen LogP contribution in [0.25, 0.3) is 0 Å². The van der Waals surface area contributed by atoms with Crippen molar-refractivity contribution in [2.24, 2.45) is 5.92 Å². The third kappa shape index (κ3) is 3.46. The van der Waals surface area contributed by atoms with Crippen LogP contribution in [-0.4, -0.2) is 56.4 Å². The van der Waals surface area contributed by atoms with Crippen molar-refractivity contribution < 1.29 is 23.6 Å². The highest BCUT2D eigenvalue weighted by atomic mass is 16.7. The highest BCUT2D eigenvalue weighted by Crippen LogP contribution is 2.38. The molecule has 0 bridgehead atoms. The smallest absolute Gasteiger partial charge is 0.457 e. The normalized spacial score (nSPS) is 31.0. The molecule has 7 nitrogen and oxygen atoms in total. The van der Waals surface area contributed by atoms with Crippen LogP contribution in [-0.2, 0) is 23.6 Å². The summed E-state index contributed by atoms with van der Waals surface area (Å²) in [6.45, 7) is 9.18. The fraction of sp³-hybridized carbons (Fsp3) is 0.875. The summed E-state index contributed by atoms with van der Waals surface area (Å²) < 4.78 is 16.9. The van der Waals surface area contributed by atoms with E-state index in [9.17, 15) is 9.59 Å². The number of carbonyl (C=O) groups excluding carboxylic acids is 2. The summed E-state index contributed by atoms with van der Waals surface area (Å²) in [6.07, 6.45) is 2.93. The number of esters is 1. The van der Waals surface area contributed by atoms with Gasteiger partial charge in [-0.15, -0.1) is 0 Å². The van der Waals surface area contributed by atoms with Gasteiger partial charge in [-0.1, -0.05) is 6.42 Å². The second-order valence-electron chi connectivity index (χ2n) is 7.67. The number of amides is 1. The first kappa shape index (κ1) is 19.2.